The minimum Gasteiger partial charge on any atom is -0.399 e. The van der Waals surface area contributed by atoms with Crippen molar-refractivity contribution in [2.24, 2.45) is 0 Å². The first kappa shape index (κ1) is 15.5. The number of nitrogen functional groups attached to an aromatic ring is 1. The molecule has 0 fully saturated rings. The van der Waals surface area contributed by atoms with E-state index < -0.39 is 0 Å². The summed E-state index contributed by atoms with van der Waals surface area (Å²) in [5.74, 6) is -0.0499. The number of benzene rings is 1. The molecule has 0 aromatic heterocycles. The van der Waals surface area contributed by atoms with E-state index in [0.717, 1.165) is 31.4 Å². The van der Waals surface area contributed by atoms with Crippen LogP contribution in [0.3, 0.4) is 0 Å². The monoisotopic (exact) mass is 264 g/mol. The number of rotatable bonds is 8. The molecule has 1 aromatic rings. The van der Waals surface area contributed by atoms with Crippen molar-refractivity contribution in [3.05, 3.63) is 29.3 Å². The minimum absolute atomic E-state index is 0.0499. The molecule has 1 aromatic carbocycles. The zero-order valence-corrected chi connectivity index (χ0v) is 11.9. The molecule has 0 saturated heterocycles. The van der Waals surface area contributed by atoms with Gasteiger partial charge in [-0.1, -0.05) is 13.3 Å². The molecule has 0 unspecified atom stereocenters. The highest BCUT2D eigenvalue weighted by Crippen LogP contribution is 2.12. The molecule has 4 heteroatoms. The van der Waals surface area contributed by atoms with E-state index in [9.17, 15) is 4.79 Å². The van der Waals surface area contributed by atoms with Crippen molar-refractivity contribution in [2.45, 2.75) is 33.1 Å². The molecule has 0 heterocycles. The molecule has 0 bridgehead atoms. The Bertz CT molecular complexity index is 405. The summed E-state index contributed by atoms with van der Waals surface area (Å²) in [6, 6.07) is 5.32. The molecule has 0 spiro atoms. The van der Waals surface area contributed by atoms with Gasteiger partial charge in [0.25, 0.3) is 5.91 Å². The molecule has 106 valence electrons. The number of anilines is 1. The topological polar surface area (TPSA) is 64.3 Å². The summed E-state index contributed by atoms with van der Waals surface area (Å²) in [6.45, 7) is 6.16. The molecular weight excluding hydrogens is 240 g/mol. The van der Waals surface area contributed by atoms with Gasteiger partial charge in [0, 0.05) is 31.0 Å². The van der Waals surface area contributed by atoms with Gasteiger partial charge in [-0.25, -0.2) is 0 Å². The Morgan fingerprint density at radius 2 is 2.05 bits per heavy atom. The molecule has 4 nitrogen and oxygen atoms in total. The highest BCUT2D eigenvalue weighted by Gasteiger charge is 2.07. The van der Waals surface area contributed by atoms with E-state index in [1.165, 1.54) is 0 Å². The largest absolute Gasteiger partial charge is 0.399 e. The quantitative estimate of drug-likeness (QED) is 0.560. The number of aryl methyl sites for hydroxylation is 1. The third-order valence-electron chi connectivity index (χ3n) is 2.89. The van der Waals surface area contributed by atoms with Gasteiger partial charge in [0.2, 0.25) is 0 Å². The molecule has 1 rings (SSSR count). The summed E-state index contributed by atoms with van der Waals surface area (Å²) in [6.07, 6.45) is 3.08. The Hall–Kier alpha value is -1.55. The Morgan fingerprint density at radius 1 is 1.32 bits per heavy atom. The number of amides is 1. The normalized spacial score (nSPS) is 10.4. The molecule has 0 radical (unpaired) electrons. The molecular formula is C15H24N2O2. The first-order chi connectivity index (χ1) is 9.15. The second-order valence-corrected chi connectivity index (χ2v) is 4.65. The Kier molecular flexibility index (Phi) is 6.97. The van der Waals surface area contributed by atoms with Gasteiger partial charge in [0.1, 0.15) is 0 Å². The third kappa shape index (κ3) is 5.75. The Labute approximate surface area is 115 Å². The van der Waals surface area contributed by atoms with Gasteiger partial charge < -0.3 is 15.8 Å². The van der Waals surface area contributed by atoms with Gasteiger partial charge in [0.15, 0.2) is 0 Å². The zero-order valence-electron chi connectivity index (χ0n) is 11.9. The van der Waals surface area contributed by atoms with E-state index in [4.69, 9.17) is 10.5 Å². The smallest absolute Gasteiger partial charge is 0.251 e. The molecule has 0 saturated carbocycles. The molecule has 3 N–H and O–H groups in total. The number of unbranched alkanes of at least 4 members (excludes halogenated alkanes) is 1. The van der Waals surface area contributed by atoms with Crippen LogP contribution in [0.25, 0.3) is 0 Å². The second kappa shape index (κ2) is 8.53. The average Bonchev–Trinajstić information content (AvgIpc) is 2.37. The molecule has 1 amide bonds. The number of nitrogens with one attached hydrogen (secondary N) is 1. The van der Waals surface area contributed by atoms with Gasteiger partial charge in [-0.05, 0) is 43.5 Å². The second-order valence-electron chi connectivity index (χ2n) is 4.65. The first-order valence-electron chi connectivity index (χ1n) is 6.87. The minimum atomic E-state index is -0.0499. The Morgan fingerprint density at radius 3 is 2.74 bits per heavy atom. The van der Waals surface area contributed by atoms with Crippen molar-refractivity contribution in [1.82, 2.24) is 5.32 Å². The van der Waals surface area contributed by atoms with Gasteiger partial charge in [0.05, 0.1) is 0 Å². The lowest BCUT2D eigenvalue weighted by molar-refractivity contribution is 0.0940. The van der Waals surface area contributed by atoms with Crippen LogP contribution in [0.5, 0.6) is 0 Å². The first-order valence-corrected chi connectivity index (χ1v) is 6.87. The predicted octanol–water partition coefficient (Wildman–Crippen LogP) is 2.51. The maximum Gasteiger partial charge on any atom is 0.251 e. The Balaban J connectivity index is 2.24. The van der Waals surface area contributed by atoms with Crippen molar-refractivity contribution in [1.29, 1.82) is 0 Å². The summed E-state index contributed by atoms with van der Waals surface area (Å²) in [7, 11) is 0. The van der Waals surface area contributed by atoms with Crippen molar-refractivity contribution in [3.8, 4) is 0 Å². The van der Waals surface area contributed by atoms with E-state index >= 15 is 0 Å². The van der Waals surface area contributed by atoms with Crippen molar-refractivity contribution in [2.75, 3.05) is 25.5 Å². The molecule has 0 aliphatic carbocycles. The van der Waals surface area contributed by atoms with Crippen LogP contribution in [0.2, 0.25) is 0 Å². The number of carbonyl (C=O) groups is 1. The summed E-state index contributed by atoms with van der Waals surface area (Å²) in [4.78, 5) is 11.9. The van der Waals surface area contributed by atoms with Crippen molar-refractivity contribution in [3.63, 3.8) is 0 Å². The maximum absolute atomic E-state index is 11.9. The number of ether oxygens (including phenoxy) is 1. The SMILES string of the molecule is CCCCOCCCNC(=O)c1ccc(N)cc1C. The van der Waals surface area contributed by atoms with E-state index in [0.29, 0.717) is 24.4 Å². The third-order valence-corrected chi connectivity index (χ3v) is 2.89. The van der Waals surface area contributed by atoms with Crippen LogP contribution in [-0.4, -0.2) is 25.7 Å². The maximum atomic E-state index is 11.9. The highest BCUT2D eigenvalue weighted by molar-refractivity contribution is 5.95. The number of hydrogen-bond donors (Lipinski definition) is 2. The number of nitrogens with two attached hydrogens (primary N) is 1. The van der Waals surface area contributed by atoms with Crippen LogP contribution in [0.4, 0.5) is 5.69 Å². The van der Waals surface area contributed by atoms with Crippen LogP contribution in [0.1, 0.15) is 42.1 Å². The van der Waals surface area contributed by atoms with Crippen LogP contribution in [0.15, 0.2) is 18.2 Å². The molecule has 0 atom stereocenters. The van der Waals surface area contributed by atoms with Gasteiger partial charge in [-0.2, -0.15) is 0 Å². The van der Waals surface area contributed by atoms with E-state index in [1.54, 1.807) is 12.1 Å². The van der Waals surface area contributed by atoms with Crippen LogP contribution in [-0.2, 0) is 4.74 Å². The van der Waals surface area contributed by atoms with Crippen LogP contribution in [0, 0.1) is 6.92 Å². The van der Waals surface area contributed by atoms with Crippen LogP contribution < -0.4 is 11.1 Å². The van der Waals surface area contributed by atoms with Gasteiger partial charge >= 0.3 is 0 Å². The van der Waals surface area contributed by atoms with Crippen molar-refractivity contribution < 1.29 is 9.53 Å². The number of carbonyl (C=O) groups excluding carboxylic acids is 1. The molecule has 0 aliphatic heterocycles. The summed E-state index contributed by atoms with van der Waals surface area (Å²) >= 11 is 0. The average molecular weight is 264 g/mol. The van der Waals surface area contributed by atoms with Crippen LogP contribution >= 0.6 is 0 Å². The van der Waals surface area contributed by atoms with E-state index in [-0.39, 0.29) is 5.91 Å². The van der Waals surface area contributed by atoms with E-state index in [2.05, 4.69) is 12.2 Å². The molecule has 19 heavy (non-hydrogen) atoms. The lowest BCUT2D eigenvalue weighted by Crippen LogP contribution is -2.26. The fourth-order valence-corrected chi connectivity index (χ4v) is 1.76. The molecule has 0 aliphatic rings. The summed E-state index contributed by atoms with van der Waals surface area (Å²) in [5, 5.41) is 2.89. The fourth-order valence-electron chi connectivity index (χ4n) is 1.76. The zero-order chi connectivity index (χ0) is 14.1. The fraction of sp³-hybridized carbons (Fsp3) is 0.533. The van der Waals surface area contributed by atoms with E-state index in [1.807, 2.05) is 13.0 Å². The number of hydrogen-bond acceptors (Lipinski definition) is 3. The van der Waals surface area contributed by atoms with Gasteiger partial charge in [-0.3, -0.25) is 4.79 Å². The predicted molar refractivity (Wildman–Crippen MR) is 78.3 cm³/mol. The lowest BCUT2D eigenvalue weighted by Gasteiger charge is -2.08. The standard InChI is InChI=1S/C15H24N2O2/c1-3-4-9-19-10-5-8-17-15(18)14-7-6-13(16)11-12(14)2/h6-7,11H,3-5,8-10,16H2,1-2H3,(H,17,18). The summed E-state index contributed by atoms with van der Waals surface area (Å²) in [5.41, 5.74) is 7.92. The highest BCUT2D eigenvalue weighted by atomic mass is 16.5. The van der Waals surface area contributed by atoms with Gasteiger partial charge in [-0.15, -0.1) is 0 Å². The summed E-state index contributed by atoms with van der Waals surface area (Å²) < 4.78 is 5.43. The lowest BCUT2D eigenvalue weighted by atomic mass is 10.1. The van der Waals surface area contributed by atoms with Crippen molar-refractivity contribution >= 4 is 11.6 Å².